The smallest absolute Gasteiger partial charge is 0.349 e. The molecule has 2 unspecified atom stereocenters. The van der Waals surface area contributed by atoms with Crippen molar-refractivity contribution in [3.8, 4) is 0 Å². The molecule has 0 aliphatic heterocycles. The summed E-state index contributed by atoms with van der Waals surface area (Å²) in [4.78, 5) is 11.8. The third-order valence-corrected chi connectivity index (χ3v) is 3.66. The summed E-state index contributed by atoms with van der Waals surface area (Å²) in [5.41, 5.74) is -0.802. The van der Waals surface area contributed by atoms with E-state index in [2.05, 4.69) is 21.2 Å². The van der Waals surface area contributed by atoms with Crippen molar-refractivity contribution in [2.75, 3.05) is 0 Å². The van der Waals surface area contributed by atoms with Gasteiger partial charge in [0.05, 0.1) is 11.1 Å². The quantitative estimate of drug-likeness (QED) is 0.885. The number of hydrogen-bond acceptors (Lipinski definition) is 1. The summed E-state index contributed by atoms with van der Waals surface area (Å²) in [7, 11) is 0. The van der Waals surface area contributed by atoms with E-state index in [4.69, 9.17) is 0 Å². The summed E-state index contributed by atoms with van der Waals surface area (Å²) in [6.07, 6.45) is -3.56. The first-order chi connectivity index (χ1) is 8.29. The van der Waals surface area contributed by atoms with E-state index < -0.39 is 17.6 Å². The minimum Gasteiger partial charge on any atom is -0.349 e. The fourth-order valence-corrected chi connectivity index (χ4v) is 2.07. The number of alkyl halides is 3. The van der Waals surface area contributed by atoms with Crippen LogP contribution in [0.2, 0.25) is 0 Å². The first kappa shape index (κ1) is 13.4. The number of hydrogen-bond donors (Lipinski definition) is 1. The first-order valence-corrected chi connectivity index (χ1v) is 6.26. The van der Waals surface area contributed by atoms with Crippen LogP contribution in [-0.2, 0) is 6.18 Å². The number of nitrogens with one attached hydrogen (secondary N) is 1. The SMILES string of the molecule is CC1CC1NC(=O)c1cc(C(F)(F)F)ccc1Br. The number of benzene rings is 1. The molecular formula is C12H11BrF3NO. The van der Waals surface area contributed by atoms with Gasteiger partial charge in [-0.05, 0) is 46.5 Å². The third kappa shape index (κ3) is 2.85. The number of amides is 1. The van der Waals surface area contributed by atoms with Crippen LogP contribution in [-0.4, -0.2) is 11.9 Å². The number of carbonyl (C=O) groups excluding carboxylic acids is 1. The first-order valence-electron chi connectivity index (χ1n) is 5.46. The van der Waals surface area contributed by atoms with E-state index in [9.17, 15) is 18.0 Å². The van der Waals surface area contributed by atoms with Crippen molar-refractivity contribution >= 4 is 21.8 Å². The van der Waals surface area contributed by atoms with Crippen LogP contribution in [0.25, 0.3) is 0 Å². The Morgan fingerprint density at radius 2 is 2.06 bits per heavy atom. The maximum Gasteiger partial charge on any atom is 0.416 e. The Bertz CT molecular complexity index is 487. The van der Waals surface area contributed by atoms with Gasteiger partial charge in [0.15, 0.2) is 0 Å². The van der Waals surface area contributed by atoms with Crippen molar-refractivity contribution in [1.29, 1.82) is 0 Å². The maximum absolute atomic E-state index is 12.6. The highest BCUT2D eigenvalue weighted by atomic mass is 79.9. The van der Waals surface area contributed by atoms with Gasteiger partial charge < -0.3 is 5.32 Å². The normalized spacial score (nSPS) is 22.7. The minimum atomic E-state index is -4.44. The molecule has 1 N–H and O–H groups in total. The van der Waals surface area contributed by atoms with Crippen LogP contribution in [0.5, 0.6) is 0 Å². The third-order valence-electron chi connectivity index (χ3n) is 2.96. The Morgan fingerprint density at radius 3 is 2.56 bits per heavy atom. The largest absolute Gasteiger partial charge is 0.416 e. The summed E-state index contributed by atoms with van der Waals surface area (Å²) in [5.74, 6) is -0.0687. The van der Waals surface area contributed by atoms with Crippen molar-refractivity contribution in [2.24, 2.45) is 5.92 Å². The second kappa shape index (κ2) is 4.57. The molecule has 2 rings (SSSR count). The van der Waals surface area contributed by atoms with Gasteiger partial charge in [-0.1, -0.05) is 6.92 Å². The Morgan fingerprint density at radius 1 is 1.44 bits per heavy atom. The molecule has 1 aromatic rings. The van der Waals surface area contributed by atoms with Crippen molar-refractivity contribution in [2.45, 2.75) is 25.6 Å². The molecule has 0 aromatic heterocycles. The van der Waals surface area contributed by atoms with Crippen LogP contribution < -0.4 is 5.32 Å². The highest BCUT2D eigenvalue weighted by Crippen LogP contribution is 2.33. The lowest BCUT2D eigenvalue weighted by Crippen LogP contribution is -2.27. The molecule has 0 bridgehead atoms. The van der Waals surface area contributed by atoms with Gasteiger partial charge in [-0.15, -0.1) is 0 Å². The van der Waals surface area contributed by atoms with Crippen molar-refractivity contribution in [1.82, 2.24) is 5.32 Å². The topological polar surface area (TPSA) is 29.1 Å². The Labute approximate surface area is 111 Å². The van der Waals surface area contributed by atoms with Gasteiger partial charge in [0, 0.05) is 10.5 Å². The van der Waals surface area contributed by atoms with Gasteiger partial charge in [0.25, 0.3) is 5.91 Å². The Kier molecular flexibility index (Phi) is 3.40. The molecule has 6 heteroatoms. The predicted octanol–water partition coefficient (Wildman–Crippen LogP) is 3.61. The van der Waals surface area contributed by atoms with Gasteiger partial charge in [-0.25, -0.2) is 0 Å². The second-order valence-electron chi connectivity index (χ2n) is 4.49. The average Bonchev–Trinajstić information content (AvgIpc) is 2.92. The number of rotatable bonds is 2. The van der Waals surface area contributed by atoms with Crippen LogP contribution >= 0.6 is 15.9 Å². The molecule has 2 atom stereocenters. The van der Waals surface area contributed by atoms with E-state index in [1.165, 1.54) is 6.07 Å². The maximum atomic E-state index is 12.6. The molecular weight excluding hydrogens is 311 g/mol. The fourth-order valence-electron chi connectivity index (χ4n) is 1.64. The van der Waals surface area contributed by atoms with E-state index in [0.717, 1.165) is 18.6 Å². The summed E-state index contributed by atoms with van der Waals surface area (Å²) in [5, 5.41) is 2.70. The Balaban J connectivity index is 2.23. The summed E-state index contributed by atoms with van der Waals surface area (Å²) in [6.45, 7) is 1.98. The van der Waals surface area contributed by atoms with E-state index in [0.29, 0.717) is 10.4 Å². The molecule has 1 fully saturated rings. The highest BCUT2D eigenvalue weighted by Gasteiger charge is 2.35. The molecule has 2 nitrogen and oxygen atoms in total. The molecule has 1 aliphatic carbocycles. The zero-order valence-electron chi connectivity index (χ0n) is 9.51. The lowest BCUT2D eigenvalue weighted by Gasteiger charge is -2.10. The number of halogens is 4. The van der Waals surface area contributed by atoms with E-state index in [1.54, 1.807) is 0 Å². The average molecular weight is 322 g/mol. The van der Waals surface area contributed by atoms with Crippen molar-refractivity contribution in [3.63, 3.8) is 0 Å². The van der Waals surface area contributed by atoms with E-state index >= 15 is 0 Å². The van der Waals surface area contributed by atoms with Crippen LogP contribution in [0.15, 0.2) is 22.7 Å². The molecule has 1 amide bonds. The zero-order valence-corrected chi connectivity index (χ0v) is 11.1. The van der Waals surface area contributed by atoms with Gasteiger partial charge in [-0.2, -0.15) is 13.2 Å². The van der Waals surface area contributed by atoms with Crippen molar-refractivity contribution < 1.29 is 18.0 Å². The lowest BCUT2D eigenvalue weighted by molar-refractivity contribution is -0.137. The second-order valence-corrected chi connectivity index (χ2v) is 5.34. The van der Waals surface area contributed by atoms with Crippen LogP contribution in [0.4, 0.5) is 13.2 Å². The molecule has 0 radical (unpaired) electrons. The minimum absolute atomic E-state index is 0.0175. The molecule has 0 spiro atoms. The summed E-state index contributed by atoms with van der Waals surface area (Å²) in [6, 6.07) is 3.14. The molecule has 0 heterocycles. The van der Waals surface area contributed by atoms with Crippen LogP contribution in [0, 0.1) is 5.92 Å². The standard InChI is InChI=1S/C12H11BrF3NO/c1-6-4-10(6)17-11(18)8-5-7(12(14,15)16)2-3-9(8)13/h2-3,5-6,10H,4H2,1H3,(H,17,18). The van der Waals surface area contributed by atoms with Crippen molar-refractivity contribution in [3.05, 3.63) is 33.8 Å². The fraction of sp³-hybridized carbons (Fsp3) is 0.417. The zero-order chi connectivity index (χ0) is 13.5. The highest BCUT2D eigenvalue weighted by molar-refractivity contribution is 9.10. The van der Waals surface area contributed by atoms with Crippen LogP contribution in [0.3, 0.4) is 0 Å². The van der Waals surface area contributed by atoms with Gasteiger partial charge >= 0.3 is 6.18 Å². The van der Waals surface area contributed by atoms with Crippen LogP contribution in [0.1, 0.15) is 29.3 Å². The molecule has 98 valence electrons. The summed E-state index contributed by atoms with van der Waals surface area (Å²) < 4.78 is 38.0. The summed E-state index contributed by atoms with van der Waals surface area (Å²) >= 11 is 3.10. The molecule has 1 aromatic carbocycles. The molecule has 18 heavy (non-hydrogen) atoms. The lowest BCUT2D eigenvalue weighted by atomic mass is 10.1. The van der Waals surface area contributed by atoms with E-state index in [1.807, 2.05) is 6.92 Å². The monoisotopic (exact) mass is 321 g/mol. The number of carbonyl (C=O) groups is 1. The predicted molar refractivity (Wildman–Crippen MR) is 64.2 cm³/mol. The molecule has 1 saturated carbocycles. The molecule has 1 aliphatic rings. The van der Waals surface area contributed by atoms with Gasteiger partial charge in [-0.3, -0.25) is 4.79 Å². The van der Waals surface area contributed by atoms with Gasteiger partial charge in [0.2, 0.25) is 0 Å². The van der Waals surface area contributed by atoms with E-state index in [-0.39, 0.29) is 11.6 Å². The Hall–Kier alpha value is -1.04. The van der Waals surface area contributed by atoms with Gasteiger partial charge in [0.1, 0.15) is 0 Å². The molecule has 0 saturated heterocycles.